The summed E-state index contributed by atoms with van der Waals surface area (Å²) in [5.74, 6) is 0.231. The summed E-state index contributed by atoms with van der Waals surface area (Å²) in [5, 5.41) is 6.28. The third-order valence-corrected chi connectivity index (χ3v) is 3.99. The highest BCUT2D eigenvalue weighted by Gasteiger charge is 2.16. The van der Waals surface area contributed by atoms with E-state index < -0.39 is 6.16 Å². The summed E-state index contributed by atoms with van der Waals surface area (Å²) in [5.41, 5.74) is 2.91. The summed E-state index contributed by atoms with van der Waals surface area (Å²) in [4.78, 5) is 11.8. The number of aromatic nitrogens is 2. The molecule has 0 atom stereocenters. The predicted octanol–water partition coefficient (Wildman–Crippen LogP) is 4.69. The number of hydrogen-bond donors (Lipinski definition) is 0. The maximum Gasteiger partial charge on any atom is 0.515 e. The van der Waals surface area contributed by atoms with Crippen LogP contribution in [0.25, 0.3) is 27.5 Å². The van der Waals surface area contributed by atoms with E-state index in [0.717, 1.165) is 27.5 Å². The van der Waals surface area contributed by atoms with E-state index in [2.05, 4.69) is 5.10 Å². The molecule has 25 heavy (non-hydrogen) atoms. The summed E-state index contributed by atoms with van der Waals surface area (Å²) < 4.78 is 12.0. The van der Waals surface area contributed by atoms with Gasteiger partial charge in [0.2, 0.25) is 0 Å². The fraction of sp³-hybridized carbons (Fsp3) is 0.100. The van der Waals surface area contributed by atoms with Crippen LogP contribution >= 0.6 is 0 Å². The Labute approximate surface area is 144 Å². The first-order valence-electron chi connectivity index (χ1n) is 8.08. The maximum absolute atomic E-state index is 11.8. The van der Waals surface area contributed by atoms with Gasteiger partial charge in [-0.15, -0.1) is 5.10 Å². The first-order chi connectivity index (χ1) is 12.3. The minimum atomic E-state index is -0.757. The summed E-state index contributed by atoms with van der Waals surface area (Å²) in [6.45, 7) is 1.98. The van der Waals surface area contributed by atoms with Gasteiger partial charge in [-0.25, -0.2) is 9.31 Å². The van der Waals surface area contributed by atoms with E-state index in [0.29, 0.717) is 0 Å². The zero-order valence-electron chi connectivity index (χ0n) is 13.7. The second kappa shape index (κ2) is 6.28. The number of rotatable bonds is 3. The number of nitrogens with zero attached hydrogens (tertiary/aromatic N) is 2. The van der Waals surface area contributed by atoms with Gasteiger partial charge in [0.25, 0.3) is 5.88 Å². The standard InChI is InChI=1S/C20H16N2O3/c1-2-24-20(23)25-19-16-11-7-6-10-15(16)18-13-12-17(22(18)21-19)14-8-4-3-5-9-14/h3-13H,2H2,1H3. The Hall–Kier alpha value is -3.34. The van der Waals surface area contributed by atoms with Crippen molar-refractivity contribution in [2.24, 2.45) is 0 Å². The third kappa shape index (κ3) is 2.70. The molecule has 0 radical (unpaired) electrons. The Kier molecular flexibility index (Phi) is 3.82. The molecule has 5 nitrogen and oxygen atoms in total. The minimum Gasteiger partial charge on any atom is -0.434 e. The van der Waals surface area contributed by atoms with Crippen LogP contribution in [-0.4, -0.2) is 22.4 Å². The smallest absolute Gasteiger partial charge is 0.434 e. The predicted molar refractivity (Wildman–Crippen MR) is 95.8 cm³/mol. The van der Waals surface area contributed by atoms with Gasteiger partial charge in [-0.1, -0.05) is 48.5 Å². The molecule has 0 aliphatic rings. The molecule has 0 unspecified atom stereocenters. The molecule has 4 aromatic rings. The van der Waals surface area contributed by atoms with Crippen LogP contribution in [0.3, 0.4) is 0 Å². The van der Waals surface area contributed by atoms with Crippen molar-refractivity contribution in [1.82, 2.24) is 9.61 Å². The van der Waals surface area contributed by atoms with Gasteiger partial charge in [-0.05, 0) is 25.1 Å². The van der Waals surface area contributed by atoms with Gasteiger partial charge in [0.1, 0.15) is 0 Å². The van der Waals surface area contributed by atoms with E-state index >= 15 is 0 Å². The van der Waals surface area contributed by atoms with Crippen LogP contribution in [-0.2, 0) is 4.74 Å². The van der Waals surface area contributed by atoms with Crippen molar-refractivity contribution in [3.63, 3.8) is 0 Å². The lowest BCUT2D eigenvalue weighted by molar-refractivity contribution is 0.103. The van der Waals surface area contributed by atoms with Crippen LogP contribution in [0.4, 0.5) is 4.79 Å². The molecule has 0 amide bonds. The molecule has 0 fully saturated rings. The molecule has 0 bridgehead atoms. The summed E-state index contributed by atoms with van der Waals surface area (Å²) in [6, 6.07) is 21.7. The Morgan fingerprint density at radius 2 is 1.68 bits per heavy atom. The van der Waals surface area contributed by atoms with E-state index in [4.69, 9.17) is 9.47 Å². The molecule has 124 valence electrons. The second-order valence-electron chi connectivity index (χ2n) is 5.52. The quantitative estimate of drug-likeness (QED) is 0.511. The molecule has 2 aromatic carbocycles. The Morgan fingerprint density at radius 3 is 2.44 bits per heavy atom. The van der Waals surface area contributed by atoms with Crippen molar-refractivity contribution < 1.29 is 14.3 Å². The first-order valence-corrected chi connectivity index (χ1v) is 8.08. The minimum absolute atomic E-state index is 0.231. The van der Waals surface area contributed by atoms with Gasteiger partial charge < -0.3 is 9.47 Å². The highest BCUT2D eigenvalue weighted by atomic mass is 16.7. The molecule has 0 saturated carbocycles. The lowest BCUT2D eigenvalue weighted by atomic mass is 10.1. The summed E-state index contributed by atoms with van der Waals surface area (Å²) >= 11 is 0. The van der Waals surface area contributed by atoms with E-state index in [1.54, 1.807) is 11.4 Å². The van der Waals surface area contributed by atoms with E-state index in [9.17, 15) is 4.79 Å². The van der Waals surface area contributed by atoms with Crippen molar-refractivity contribution >= 4 is 22.4 Å². The average Bonchev–Trinajstić information content (AvgIpc) is 3.07. The number of carbonyl (C=O) groups excluding carboxylic acids is 1. The molecule has 2 aromatic heterocycles. The Balaban J connectivity index is 1.95. The number of carbonyl (C=O) groups is 1. The third-order valence-electron chi connectivity index (χ3n) is 3.99. The van der Waals surface area contributed by atoms with Crippen molar-refractivity contribution in [3.05, 3.63) is 66.7 Å². The van der Waals surface area contributed by atoms with Crippen LogP contribution < -0.4 is 4.74 Å². The van der Waals surface area contributed by atoms with Crippen LogP contribution in [0, 0.1) is 0 Å². The highest BCUT2D eigenvalue weighted by molar-refractivity contribution is 6.00. The second-order valence-corrected chi connectivity index (χ2v) is 5.52. The SMILES string of the molecule is CCOC(=O)Oc1nn2c(-c3ccccc3)ccc2c2ccccc12. The van der Waals surface area contributed by atoms with E-state index in [1.807, 2.05) is 66.7 Å². The number of hydrogen-bond acceptors (Lipinski definition) is 4. The van der Waals surface area contributed by atoms with Crippen LogP contribution in [0.1, 0.15) is 6.92 Å². The van der Waals surface area contributed by atoms with Gasteiger partial charge in [0.15, 0.2) is 0 Å². The monoisotopic (exact) mass is 332 g/mol. The lowest BCUT2D eigenvalue weighted by Crippen LogP contribution is -2.12. The molecule has 5 heteroatoms. The van der Waals surface area contributed by atoms with Crippen molar-refractivity contribution in [2.45, 2.75) is 6.92 Å². The molecule has 2 heterocycles. The summed E-state index contributed by atoms with van der Waals surface area (Å²) in [7, 11) is 0. The van der Waals surface area contributed by atoms with Gasteiger partial charge in [-0.2, -0.15) is 0 Å². The molecule has 0 aliphatic heterocycles. The van der Waals surface area contributed by atoms with E-state index in [1.165, 1.54) is 0 Å². The fourth-order valence-electron chi connectivity index (χ4n) is 2.91. The topological polar surface area (TPSA) is 52.8 Å². The number of ether oxygens (including phenoxy) is 2. The average molecular weight is 332 g/mol. The normalized spacial score (nSPS) is 10.9. The maximum atomic E-state index is 11.8. The Bertz CT molecular complexity index is 1050. The van der Waals surface area contributed by atoms with Gasteiger partial charge >= 0.3 is 6.16 Å². The zero-order valence-corrected chi connectivity index (χ0v) is 13.7. The van der Waals surface area contributed by atoms with E-state index in [-0.39, 0.29) is 12.5 Å². The van der Waals surface area contributed by atoms with Crippen molar-refractivity contribution in [1.29, 1.82) is 0 Å². The van der Waals surface area contributed by atoms with Crippen molar-refractivity contribution in [3.8, 4) is 17.1 Å². The number of benzene rings is 2. The summed E-state index contributed by atoms with van der Waals surface area (Å²) in [6.07, 6.45) is -0.757. The molecule has 0 saturated heterocycles. The van der Waals surface area contributed by atoms with Gasteiger partial charge in [-0.3, -0.25) is 0 Å². The molecular weight excluding hydrogens is 316 g/mol. The largest absolute Gasteiger partial charge is 0.515 e. The Morgan fingerprint density at radius 1 is 0.960 bits per heavy atom. The molecule has 0 aliphatic carbocycles. The molecule has 0 spiro atoms. The van der Waals surface area contributed by atoms with Crippen molar-refractivity contribution in [2.75, 3.05) is 6.61 Å². The zero-order chi connectivity index (χ0) is 17.2. The number of fused-ring (bicyclic) bond motifs is 3. The fourth-order valence-corrected chi connectivity index (χ4v) is 2.91. The molecular formula is C20H16N2O3. The van der Waals surface area contributed by atoms with Crippen LogP contribution in [0.5, 0.6) is 5.88 Å². The van der Waals surface area contributed by atoms with Gasteiger partial charge in [0.05, 0.1) is 17.8 Å². The molecule has 4 rings (SSSR count). The first kappa shape index (κ1) is 15.2. The van der Waals surface area contributed by atoms with Crippen LogP contribution in [0.2, 0.25) is 0 Å². The van der Waals surface area contributed by atoms with Crippen LogP contribution in [0.15, 0.2) is 66.7 Å². The highest BCUT2D eigenvalue weighted by Crippen LogP contribution is 2.31. The molecule has 0 N–H and O–H groups in total. The lowest BCUT2D eigenvalue weighted by Gasteiger charge is -2.10. The van der Waals surface area contributed by atoms with Gasteiger partial charge in [0, 0.05) is 16.3 Å².